The molecule has 3 nitrogen and oxygen atoms in total. The van der Waals surface area contributed by atoms with E-state index in [4.69, 9.17) is 0 Å². The Bertz CT molecular complexity index is 235. The molecule has 0 atom stereocenters. The molecule has 0 unspecified atom stereocenters. The predicted octanol–water partition coefficient (Wildman–Crippen LogP) is 1.99. The van der Waals surface area contributed by atoms with Crippen molar-refractivity contribution in [3.63, 3.8) is 0 Å². The first-order chi connectivity index (χ1) is 7.76. The first-order valence-electron chi connectivity index (χ1n) is 6.69. The van der Waals surface area contributed by atoms with Gasteiger partial charge < -0.3 is 10.4 Å². The van der Waals surface area contributed by atoms with Crippen LogP contribution in [0.25, 0.3) is 0 Å². The Labute approximate surface area is 97.6 Å². The van der Waals surface area contributed by atoms with Crippen LogP contribution in [0.3, 0.4) is 0 Å². The standard InChI is InChI=1S/C13H23NO2/c15-10-13(8-5-9-13)14-12(16)11-6-3-1-2-4-7-11/h11,15H,1-10H2,(H,14,16). The van der Waals surface area contributed by atoms with Crippen LogP contribution in [0.2, 0.25) is 0 Å². The Morgan fingerprint density at radius 1 is 1.12 bits per heavy atom. The minimum Gasteiger partial charge on any atom is -0.394 e. The Morgan fingerprint density at radius 3 is 2.19 bits per heavy atom. The molecule has 0 saturated heterocycles. The van der Waals surface area contributed by atoms with E-state index < -0.39 is 0 Å². The smallest absolute Gasteiger partial charge is 0.223 e. The van der Waals surface area contributed by atoms with E-state index in [1.54, 1.807) is 0 Å². The van der Waals surface area contributed by atoms with Crippen molar-refractivity contribution in [1.82, 2.24) is 5.32 Å². The van der Waals surface area contributed by atoms with Gasteiger partial charge in [-0.2, -0.15) is 0 Å². The zero-order valence-corrected chi connectivity index (χ0v) is 10.0. The molecule has 2 fully saturated rings. The van der Waals surface area contributed by atoms with Crippen LogP contribution < -0.4 is 5.32 Å². The molecular weight excluding hydrogens is 202 g/mol. The normalized spacial score (nSPS) is 25.6. The molecule has 0 aromatic heterocycles. The molecule has 0 heterocycles. The van der Waals surface area contributed by atoms with Crippen LogP contribution in [0.4, 0.5) is 0 Å². The topological polar surface area (TPSA) is 49.3 Å². The summed E-state index contributed by atoms with van der Waals surface area (Å²) in [6.45, 7) is 0.103. The van der Waals surface area contributed by atoms with Gasteiger partial charge in [-0.15, -0.1) is 0 Å². The van der Waals surface area contributed by atoms with Crippen LogP contribution in [0.15, 0.2) is 0 Å². The summed E-state index contributed by atoms with van der Waals surface area (Å²) in [5, 5.41) is 12.4. The lowest BCUT2D eigenvalue weighted by molar-refractivity contribution is -0.129. The highest BCUT2D eigenvalue weighted by molar-refractivity contribution is 5.79. The minimum absolute atomic E-state index is 0.103. The first kappa shape index (κ1) is 11.9. The molecule has 2 rings (SSSR count). The maximum absolute atomic E-state index is 12.1. The summed E-state index contributed by atoms with van der Waals surface area (Å²) in [5.74, 6) is 0.391. The van der Waals surface area contributed by atoms with Crippen LogP contribution in [0.1, 0.15) is 57.8 Å². The van der Waals surface area contributed by atoms with Gasteiger partial charge in [-0.1, -0.05) is 25.7 Å². The second kappa shape index (κ2) is 5.17. The summed E-state index contributed by atoms with van der Waals surface area (Å²) < 4.78 is 0. The van der Waals surface area contributed by atoms with Crippen LogP contribution in [0.5, 0.6) is 0 Å². The molecule has 0 radical (unpaired) electrons. The number of nitrogens with one attached hydrogen (secondary N) is 1. The van der Waals surface area contributed by atoms with Crippen LogP contribution in [0, 0.1) is 5.92 Å². The molecule has 0 spiro atoms. The maximum atomic E-state index is 12.1. The number of carbonyl (C=O) groups excluding carboxylic acids is 1. The lowest BCUT2D eigenvalue weighted by Crippen LogP contribution is -2.57. The van der Waals surface area contributed by atoms with E-state index in [2.05, 4.69) is 5.32 Å². The Hall–Kier alpha value is -0.570. The summed E-state index contributed by atoms with van der Waals surface area (Å²) in [6, 6.07) is 0. The van der Waals surface area contributed by atoms with E-state index in [0.29, 0.717) is 0 Å². The van der Waals surface area contributed by atoms with Crippen molar-refractivity contribution in [3.05, 3.63) is 0 Å². The molecule has 3 heteroatoms. The van der Waals surface area contributed by atoms with E-state index in [1.165, 1.54) is 25.7 Å². The molecule has 0 aromatic carbocycles. The highest BCUT2D eigenvalue weighted by Crippen LogP contribution is 2.32. The number of hydrogen-bond acceptors (Lipinski definition) is 2. The maximum Gasteiger partial charge on any atom is 0.223 e. The molecule has 0 bridgehead atoms. The van der Waals surface area contributed by atoms with Gasteiger partial charge >= 0.3 is 0 Å². The summed E-state index contributed by atoms with van der Waals surface area (Å²) >= 11 is 0. The van der Waals surface area contributed by atoms with E-state index in [0.717, 1.165) is 32.1 Å². The number of carbonyl (C=O) groups is 1. The molecule has 1 amide bonds. The number of amides is 1. The Morgan fingerprint density at radius 2 is 1.75 bits per heavy atom. The van der Waals surface area contributed by atoms with Gasteiger partial charge in [0.1, 0.15) is 0 Å². The second-order valence-electron chi connectivity index (χ2n) is 5.47. The van der Waals surface area contributed by atoms with Gasteiger partial charge in [-0.25, -0.2) is 0 Å². The highest BCUT2D eigenvalue weighted by Gasteiger charge is 2.38. The van der Waals surface area contributed by atoms with Gasteiger partial charge in [0.2, 0.25) is 5.91 Å². The molecule has 2 N–H and O–H groups in total. The van der Waals surface area contributed by atoms with Crippen molar-refractivity contribution < 1.29 is 9.90 Å². The summed E-state index contributed by atoms with van der Waals surface area (Å²) in [7, 11) is 0. The van der Waals surface area contributed by atoms with Gasteiger partial charge in [0.05, 0.1) is 12.1 Å². The quantitative estimate of drug-likeness (QED) is 0.722. The molecule has 2 saturated carbocycles. The molecule has 2 aliphatic rings. The molecule has 92 valence electrons. The average molecular weight is 225 g/mol. The summed E-state index contributed by atoms with van der Waals surface area (Å²) in [4.78, 5) is 12.1. The number of aliphatic hydroxyl groups excluding tert-OH is 1. The number of hydrogen-bond donors (Lipinski definition) is 2. The fraction of sp³-hybridized carbons (Fsp3) is 0.923. The van der Waals surface area contributed by atoms with Crippen LogP contribution >= 0.6 is 0 Å². The third kappa shape index (κ3) is 2.57. The molecule has 0 aromatic rings. The monoisotopic (exact) mass is 225 g/mol. The SMILES string of the molecule is O=C(NC1(CO)CCC1)C1CCCCCC1. The molecule has 2 aliphatic carbocycles. The lowest BCUT2D eigenvalue weighted by Gasteiger charge is -2.41. The third-order valence-corrected chi connectivity index (χ3v) is 4.23. The van der Waals surface area contributed by atoms with Crippen LogP contribution in [-0.4, -0.2) is 23.2 Å². The number of rotatable bonds is 3. The Kier molecular flexibility index (Phi) is 3.85. The van der Waals surface area contributed by atoms with Gasteiger partial charge in [0, 0.05) is 5.92 Å². The lowest BCUT2D eigenvalue weighted by atomic mass is 9.77. The fourth-order valence-electron chi connectivity index (χ4n) is 2.83. The predicted molar refractivity (Wildman–Crippen MR) is 63.0 cm³/mol. The Balaban J connectivity index is 1.86. The second-order valence-corrected chi connectivity index (χ2v) is 5.47. The third-order valence-electron chi connectivity index (χ3n) is 4.23. The van der Waals surface area contributed by atoms with Gasteiger partial charge in [0.25, 0.3) is 0 Å². The fourth-order valence-corrected chi connectivity index (χ4v) is 2.83. The van der Waals surface area contributed by atoms with Crippen molar-refractivity contribution >= 4 is 5.91 Å². The van der Waals surface area contributed by atoms with Crippen molar-refractivity contribution in [2.75, 3.05) is 6.61 Å². The zero-order valence-electron chi connectivity index (χ0n) is 10.0. The van der Waals surface area contributed by atoms with E-state index >= 15 is 0 Å². The zero-order chi connectivity index (χ0) is 11.4. The van der Waals surface area contributed by atoms with Crippen molar-refractivity contribution in [1.29, 1.82) is 0 Å². The van der Waals surface area contributed by atoms with Crippen molar-refractivity contribution in [3.8, 4) is 0 Å². The van der Waals surface area contributed by atoms with Crippen molar-refractivity contribution in [2.24, 2.45) is 5.92 Å². The van der Waals surface area contributed by atoms with Gasteiger partial charge in [-0.05, 0) is 32.1 Å². The van der Waals surface area contributed by atoms with Crippen LogP contribution in [-0.2, 0) is 4.79 Å². The van der Waals surface area contributed by atoms with E-state index in [1.807, 2.05) is 0 Å². The largest absolute Gasteiger partial charge is 0.394 e. The highest BCUT2D eigenvalue weighted by atomic mass is 16.3. The molecular formula is C13H23NO2. The molecule has 16 heavy (non-hydrogen) atoms. The molecule has 0 aliphatic heterocycles. The summed E-state index contributed by atoms with van der Waals surface area (Å²) in [6.07, 6.45) is 10.0. The van der Waals surface area contributed by atoms with Crippen molar-refractivity contribution in [2.45, 2.75) is 63.3 Å². The van der Waals surface area contributed by atoms with E-state index in [-0.39, 0.29) is 24.0 Å². The van der Waals surface area contributed by atoms with E-state index in [9.17, 15) is 9.90 Å². The first-order valence-corrected chi connectivity index (χ1v) is 6.69. The number of aliphatic hydroxyl groups is 1. The average Bonchev–Trinajstić information content (AvgIpc) is 2.51. The summed E-state index contributed by atoms with van der Waals surface area (Å²) in [5.41, 5.74) is -0.261. The van der Waals surface area contributed by atoms with Gasteiger partial charge in [0.15, 0.2) is 0 Å². The van der Waals surface area contributed by atoms with Gasteiger partial charge in [-0.3, -0.25) is 4.79 Å². The minimum atomic E-state index is -0.261.